The Labute approximate surface area is 95.0 Å². The first-order chi connectivity index (χ1) is 7.39. The van der Waals surface area contributed by atoms with Crippen LogP contribution >= 0.6 is 0 Å². The van der Waals surface area contributed by atoms with Gasteiger partial charge in [0.1, 0.15) is 18.8 Å². The Kier molecular flexibility index (Phi) is 2.94. The Balaban J connectivity index is 1.92. The molecule has 2 fully saturated rings. The van der Waals surface area contributed by atoms with E-state index in [1.165, 1.54) is 6.92 Å². The third-order valence-corrected chi connectivity index (χ3v) is 2.95. The predicted octanol–water partition coefficient (Wildman–Crippen LogP) is 1.06. The van der Waals surface area contributed by atoms with Crippen LogP contribution in [0.5, 0.6) is 0 Å². The number of carbonyl (C=O) groups is 1. The number of hydrogen-bond donors (Lipinski definition) is 0. The number of carbonyl (C=O) groups excluding carboxylic acids is 1. The van der Waals surface area contributed by atoms with E-state index in [-0.39, 0.29) is 37.0 Å². The molecule has 0 spiro atoms. The Bertz CT molecular complexity index is 288. The molecule has 0 aromatic carbocycles. The fourth-order valence-electron chi connectivity index (χ4n) is 2.12. The fraction of sp³-hybridized carbons (Fsp3) is 0.909. The third-order valence-electron chi connectivity index (χ3n) is 2.95. The number of ether oxygens (including phenoxy) is 4. The molecular weight excluding hydrogens is 212 g/mol. The second kappa shape index (κ2) is 3.98. The number of rotatable bonds is 2. The maximum atomic E-state index is 10.7. The molecule has 5 nitrogen and oxygen atoms in total. The van der Waals surface area contributed by atoms with E-state index in [9.17, 15) is 4.79 Å². The van der Waals surface area contributed by atoms with Crippen molar-refractivity contribution in [3.8, 4) is 0 Å². The van der Waals surface area contributed by atoms with E-state index in [2.05, 4.69) is 0 Å². The van der Waals surface area contributed by atoms with E-state index >= 15 is 0 Å². The van der Waals surface area contributed by atoms with Gasteiger partial charge in [-0.3, -0.25) is 4.79 Å². The molecule has 16 heavy (non-hydrogen) atoms. The summed E-state index contributed by atoms with van der Waals surface area (Å²) in [6.07, 6.45) is -0.559. The quantitative estimate of drug-likeness (QED) is 0.664. The average molecular weight is 230 g/mol. The predicted molar refractivity (Wildman–Crippen MR) is 54.5 cm³/mol. The summed E-state index contributed by atoms with van der Waals surface area (Å²) in [5, 5.41) is 0. The van der Waals surface area contributed by atoms with Crippen LogP contribution in [-0.2, 0) is 23.7 Å². The molecule has 0 saturated carbocycles. The van der Waals surface area contributed by atoms with Gasteiger partial charge in [-0.15, -0.1) is 0 Å². The zero-order valence-corrected chi connectivity index (χ0v) is 10.1. The molecule has 0 radical (unpaired) electrons. The topological polar surface area (TPSA) is 54.0 Å². The van der Waals surface area contributed by atoms with E-state index in [0.717, 1.165) is 0 Å². The number of hydrogen-bond acceptors (Lipinski definition) is 5. The molecule has 4 atom stereocenters. The van der Waals surface area contributed by atoms with Crippen LogP contribution in [0.4, 0.5) is 0 Å². The summed E-state index contributed by atoms with van der Waals surface area (Å²) in [6.45, 7) is 7.39. The van der Waals surface area contributed by atoms with Crippen molar-refractivity contribution in [1.82, 2.24) is 0 Å². The third kappa shape index (κ3) is 2.21. The van der Waals surface area contributed by atoms with Crippen LogP contribution in [0.2, 0.25) is 0 Å². The minimum Gasteiger partial charge on any atom is -0.463 e. The first-order valence-electron chi connectivity index (χ1n) is 5.53. The molecule has 0 aromatic rings. The Hall–Kier alpha value is -0.650. The number of esters is 1. The van der Waals surface area contributed by atoms with Gasteiger partial charge in [0.15, 0.2) is 12.1 Å². The molecule has 1 unspecified atom stereocenters. The zero-order chi connectivity index (χ0) is 11.9. The van der Waals surface area contributed by atoms with Gasteiger partial charge in [0.05, 0.1) is 0 Å². The van der Waals surface area contributed by atoms with Crippen LogP contribution in [0.15, 0.2) is 0 Å². The van der Waals surface area contributed by atoms with Crippen molar-refractivity contribution in [1.29, 1.82) is 0 Å². The highest BCUT2D eigenvalue weighted by molar-refractivity contribution is 5.65. The molecule has 2 saturated heterocycles. The van der Waals surface area contributed by atoms with Crippen LogP contribution in [-0.4, -0.2) is 36.9 Å². The van der Waals surface area contributed by atoms with Crippen LogP contribution in [0.25, 0.3) is 0 Å². The van der Waals surface area contributed by atoms with Crippen molar-refractivity contribution >= 4 is 5.97 Å². The van der Waals surface area contributed by atoms with Gasteiger partial charge in [-0.1, -0.05) is 6.92 Å². The van der Waals surface area contributed by atoms with Crippen LogP contribution in [0.1, 0.15) is 27.7 Å². The molecule has 2 heterocycles. The van der Waals surface area contributed by atoms with Crippen LogP contribution in [0.3, 0.4) is 0 Å². The van der Waals surface area contributed by atoms with Crippen molar-refractivity contribution < 1.29 is 23.7 Å². The summed E-state index contributed by atoms with van der Waals surface area (Å²) in [5.74, 6) is -0.725. The van der Waals surface area contributed by atoms with E-state index < -0.39 is 5.79 Å². The second-order valence-electron chi connectivity index (χ2n) is 4.80. The smallest absolute Gasteiger partial charge is 0.302 e. The molecular formula is C11H18O5. The highest BCUT2D eigenvalue weighted by Crippen LogP contribution is 2.40. The lowest BCUT2D eigenvalue weighted by Crippen LogP contribution is -2.31. The van der Waals surface area contributed by atoms with Crippen molar-refractivity contribution in [2.75, 3.05) is 6.61 Å². The molecule has 0 aromatic heterocycles. The highest BCUT2D eigenvalue weighted by Gasteiger charge is 2.52. The van der Waals surface area contributed by atoms with Crippen molar-refractivity contribution in [2.24, 2.45) is 5.92 Å². The van der Waals surface area contributed by atoms with E-state index in [4.69, 9.17) is 18.9 Å². The molecule has 5 heteroatoms. The van der Waals surface area contributed by atoms with Crippen molar-refractivity contribution in [2.45, 2.75) is 52.0 Å². The lowest BCUT2D eigenvalue weighted by molar-refractivity contribution is -0.214. The lowest BCUT2D eigenvalue weighted by atomic mass is 10.0. The minimum atomic E-state index is -0.587. The Morgan fingerprint density at radius 1 is 1.38 bits per heavy atom. The van der Waals surface area contributed by atoms with Crippen LogP contribution in [0, 0.1) is 5.92 Å². The minimum absolute atomic E-state index is 0.0736. The van der Waals surface area contributed by atoms with E-state index in [1.54, 1.807) is 0 Å². The summed E-state index contributed by atoms with van der Waals surface area (Å²) >= 11 is 0. The Morgan fingerprint density at radius 2 is 2.06 bits per heavy atom. The van der Waals surface area contributed by atoms with Crippen molar-refractivity contribution in [3.63, 3.8) is 0 Å². The van der Waals surface area contributed by atoms with Crippen molar-refractivity contribution in [3.05, 3.63) is 0 Å². The molecule has 92 valence electrons. The number of fused-ring (bicyclic) bond motifs is 1. The van der Waals surface area contributed by atoms with Gasteiger partial charge in [0, 0.05) is 12.8 Å². The van der Waals surface area contributed by atoms with Gasteiger partial charge in [-0.2, -0.15) is 0 Å². The summed E-state index contributed by atoms with van der Waals surface area (Å²) in [5.41, 5.74) is 0. The normalized spacial score (nSPS) is 40.8. The monoisotopic (exact) mass is 230 g/mol. The van der Waals surface area contributed by atoms with E-state index in [1.807, 2.05) is 20.8 Å². The van der Waals surface area contributed by atoms with E-state index in [0.29, 0.717) is 0 Å². The molecule has 0 amide bonds. The summed E-state index contributed by atoms with van der Waals surface area (Å²) in [4.78, 5) is 10.7. The molecule has 2 rings (SSSR count). The molecule has 2 aliphatic rings. The van der Waals surface area contributed by atoms with Gasteiger partial charge in [-0.05, 0) is 13.8 Å². The van der Waals surface area contributed by atoms with Gasteiger partial charge in [0.25, 0.3) is 0 Å². The Morgan fingerprint density at radius 3 is 2.62 bits per heavy atom. The zero-order valence-electron chi connectivity index (χ0n) is 10.1. The molecule has 0 bridgehead atoms. The van der Waals surface area contributed by atoms with Gasteiger partial charge in [-0.25, -0.2) is 0 Å². The second-order valence-corrected chi connectivity index (χ2v) is 4.80. The first kappa shape index (κ1) is 11.8. The van der Waals surface area contributed by atoms with Gasteiger partial charge >= 0.3 is 5.97 Å². The summed E-state index contributed by atoms with van der Waals surface area (Å²) in [6, 6.07) is 0. The van der Waals surface area contributed by atoms with Crippen LogP contribution < -0.4 is 0 Å². The summed E-state index contributed by atoms with van der Waals surface area (Å²) in [7, 11) is 0. The summed E-state index contributed by atoms with van der Waals surface area (Å²) < 4.78 is 21.9. The molecule has 0 aliphatic carbocycles. The highest BCUT2D eigenvalue weighted by atomic mass is 16.8. The largest absolute Gasteiger partial charge is 0.463 e. The first-order valence-corrected chi connectivity index (χ1v) is 5.53. The standard InChI is InChI=1S/C11H18O5/c1-6-8(5-13-7(2)12)14-10-9(6)15-11(3,4)16-10/h6,8-10H,5H2,1-4H3/t6-,8+,9+,10?/m0/s1. The van der Waals surface area contributed by atoms with Gasteiger partial charge < -0.3 is 18.9 Å². The maximum absolute atomic E-state index is 10.7. The molecule has 2 aliphatic heterocycles. The fourth-order valence-corrected chi connectivity index (χ4v) is 2.12. The lowest BCUT2D eigenvalue weighted by Gasteiger charge is -2.23. The average Bonchev–Trinajstić information content (AvgIpc) is 2.58. The maximum Gasteiger partial charge on any atom is 0.302 e. The molecule has 0 N–H and O–H groups in total. The SMILES string of the molecule is CC(=O)OC[C@H]1OC2OC(C)(C)O[C@@H]2[C@H]1C. The van der Waals surface area contributed by atoms with Gasteiger partial charge in [0.2, 0.25) is 0 Å².